The molecule has 0 saturated carbocycles. The fourth-order valence-corrected chi connectivity index (χ4v) is 3.94. The summed E-state index contributed by atoms with van der Waals surface area (Å²) in [6, 6.07) is 11.2. The van der Waals surface area contributed by atoms with E-state index in [1.807, 2.05) is 25.1 Å². The first-order valence-corrected chi connectivity index (χ1v) is 9.37. The van der Waals surface area contributed by atoms with Gasteiger partial charge < -0.3 is 5.32 Å². The maximum absolute atomic E-state index is 12.4. The predicted molar refractivity (Wildman–Crippen MR) is 107 cm³/mol. The highest BCUT2D eigenvalue weighted by Crippen LogP contribution is 2.32. The van der Waals surface area contributed by atoms with E-state index in [2.05, 4.69) is 10.3 Å². The van der Waals surface area contributed by atoms with Crippen molar-refractivity contribution in [3.05, 3.63) is 78.8 Å². The van der Waals surface area contributed by atoms with E-state index in [0.717, 1.165) is 21.1 Å². The van der Waals surface area contributed by atoms with E-state index in [1.165, 1.54) is 29.5 Å². The molecule has 27 heavy (non-hydrogen) atoms. The van der Waals surface area contributed by atoms with Crippen LogP contribution in [0, 0.1) is 17.0 Å². The molecule has 9 heteroatoms. The standard InChI is InChI=1S/C18H13Cl2N3O3S/c1-10-16(27-18(22-10)12-4-2-3-5-14(12)20)9-21-17(24)13-8-11(19)6-7-15(13)23(25)26/h2-8H,9H2,1H3,(H,21,24). The van der Waals surface area contributed by atoms with Crippen molar-refractivity contribution >= 4 is 46.1 Å². The molecular formula is C18H13Cl2N3O3S. The number of nitro groups is 1. The van der Waals surface area contributed by atoms with E-state index in [9.17, 15) is 14.9 Å². The molecule has 0 saturated heterocycles. The lowest BCUT2D eigenvalue weighted by Crippen LogP contribution is -2.23. The lowest BCUT2D eigenvalue weighted by Gasteiger charge is -2.05. The van der Waals surface area contributed by atoms with Crippen molar-refractivity contribution in [2.45, 2.75) is 13.5 Å². The van der Waals surface area contributed by atoms with Gasteiger partial charge in [-0.05, 0) is 25.1 Å². The fourth-order valence-electron chi connectivity index (χ4n) is 2.45. The van der Waals surface area contributed by atoms with E-state index < -0.39 is 10.8 Å². The molecule has 0 bridgehead atoms. The lowest BCUT2D eigenvalue weighted by molar-refractivity contribution is -0.385. The number of nitrogens with zero attached hydrogens (tertiary/aromatic N) is 2. The van der Waals surface area contributed by atoms with E-state index in [4.69, 9.17) is 23.2 Å². The zero-order valence-corrected chi connectivity index (χ0v) is 16.4. The van der Waals surface area contributed by atoms with Gasteiger partial charge >= 0.3 is 0 Å². The summed E-state index contributed by atoms with van der Waals surface area (Å²) < 4.78 is 0. The van der Waals surface area contributed by atoms with E-state index in [-0.39, 0.29) is 22.8 Å². The number of benzene rings is 2. The average molecular weight is 422 g/mol. The molecule has 0 aliphatic carbocycles. The summed E-state index contributed by atoms with van der Waals surface area (Å²) in [5, 5.41) is 15.4. The minimum atomic E-state index is -0.612. The first-order chi connectivity index (χ1) is 12.9. The number of nitrogens with one attached hydrogen (secondary N) is 1. The van der Waals surface area contributed by atoms with Crippen LogP contribution in [-0.4, -0.2) is 15.8 Å². The monoisotopic (exact) mass is 421 g/mol. The van der Waals surface area contributed by atoms with Gasteiger partial charge in [0.25, 0.3) is 11.6 Å². The zero-order chi connectivity index (χ0) is 19.6. The second-order valence-electron chi connectivity index (χ2n) is 5.61. The molecule has 0 radical (unpaired) electrons. The fraction of sp³-hybridized carbons (Fsp3) is 0.111. The van der Waals surface area contributed by atoms with Gasteiger partial charge in [-0.25, -0.2) is 4.98 Å². The number of aromatic nitrogens is 1. The van der Waals surface area contributed by atoms with Crippen LogP contribution < -0.4 is 5.32 Å². The molecular weight excluding hydrogens is 409 g/mol. The smallest absolute Gasteiger partial charge is 0.282 e. The molecule has 0 atom stereocenters. The Kier molecular flexibility index (Phi) is 5.74. The number of amides is 1. The van der Waals surface area contributed by atoms with Crippen molar-refractivity contribution in [1.29, 1.82) is 0 Å². The van der Waals surface area contributed by atoms with Crippen molar-refractivity contribution in [3.8, 4) is 10.6 Å². The van der Waals surface area contributed by atoms with Crippen LogP contribution >= 0.6 is 34.5 Å². The van der Waals surface area contributed by atoms with Crippen LogP contribution in [-0.2, 0) is 6.54 Å². The van der Waals surface area contributed by atoms with Crippen LogP contribution in [0.1, 0.15) is 20.9 Å². The maximum atomic E-state index is 12.4. The molecule has 1 amide bonds. The molecule has 2 aromatic carbocycles. The van der Waals surface area contributed by atoms with E-state index in [1.54, 1.807) is 6.07 Å². The van der Waals surface area contributed by atoms with Crippen LogP contribution in [0.25, 0.3) is 10.6 Å². The van der Waals surface area contributed by atoms with Crippen molar-refractivity contribution in [3.63, 3.8) is 0 Å². The minimum absolute atomic E-state index is 0.0824. The highest BCUT2D eigenvalue weighted by atomic mass is 35.5. The van der Waals surface area contributed by atoms with Gasteiger partial charge in [0.1, 0.15) is 10.6 Å². The molecule has 0 fully saturated rings. The zero-order valence-electron chi connectivity index (χ0n) is 14.0. The maximum Gasteiger partial charge on any atom is 0.282 e. The quantitative estimate of drug-likeness (QED) is 0.449. The van der Waals surface area contributed by atoms with Gasteiger partial charge in [0.15, 0.2) is 0 Å². The summed E-state index contributed by atoms with van der Waals surface area (Å²) in [7, 11) is 0. The van der Waals surface area contributed by atoms with Crippen molar-refractivity contribution < 1.29 is 9.72 Å². The molecule has 0 unspecified atom stereocenters. The molecule has 1 heterocycles. The summed E-state index contributed by atoms with van der Waals surface area (Å²) in [5.41, 5.74) is 1.20. The molecule has 3 aromatic rings. The molecule has 3 rings (SSSR count). The molecule has 138 valence electrons. The Morgan fingerprint density at radius 2 is 2.00 bits per heavy atom. The number of carbonyl (C=O) groups excluding carboxylic acids is 1. The van der Waals surface area contributed by atoms with Gasteiger partial charge in [-0.1, -0.05) is 41.4 Å². The second-order valence-corrected chi connectivity index (χ2v) is 7.54. The Labute approximate surface area is 168 Å². The Hall–Kier alpha value is -2.48. The summed E-state index contributed by atoms with van der Waals surface area (Å²) >= 11 is 13.5. The number of rotatable bonds is 5. The highest BCUT2D eigenvalue weighted by Gasteiger charge is 2.21. The first-order valence-electron chi connectivity index (χ1n) is 7.80. The third kappa shape index (κ3) is 4.27. The Morgan fingerprint density at radius 1 is 1.26 bits per heavy atom. The summed E-state index contributed by atoms with van der Waals surface area (Å²) in [4.78, 5) is 28.3. The SMILES string of the molecule is Cc1nc(-c2ccccc2Cl)sc1CNC(=O)c1cc(Cl)ccc1[N+](=O)[O-]. The van der Waals surface area contributed by atoms with Crippen molar-refractivity contribution in [2.24, 2.45) is 0 Å². The lowest BCUT2D eigenvalue weighted by atomic mass is 10.1. The van der Waals surface area contributed by atoms with Crippen LogP contribution in [0.2, 0.25) is 10.0 Å². The predicted octanol–water partition coefficient (Wildman–Crippen LogP) is 5.26. The van der Waals surface area contributed by atoms with E-state index in [0.29, 0.717) is 5.02 Å². The molecule has 6 nitrogen and oxygen atoms in total. The number of halogens is 2. The van der Waals surface area contributed by atoms with E-state index >= 15 is 0 Å². The first kappa shape index (κ1) is 19.3. The van der Waals surface area contributed by atoms with Crippen molar-refractivity contribution in [2.75, 3.05) is 0 Å². The third-order valence-electron chi connectivity index (χ3n) is 3.81. The topological polar surface area (TPSA) is 85.1 Å². The van der Waals surface area contributed by atoms with Crippen LogP contribution in [0.5, 0.6) is 0 Å². The van der Waals surface area contributed by atoms with Crippen LogP contribution in [0.15, 0.2) is 42.5 Å². The van der Waals surface area contributed by atoms with Crippen molar-refractivity contribution in [1.82, 2.24) is 10.3 Å². The largest absolute Gasteiger partial charge is 0.347 e. The second kappa shape index (κ2) is 8.04. The van der Waals surface area contributed by atoms with Crippen LogP contribution in [0.3, 0.4) is 0 Å². The number of hydrogen-bond donors (Lipinski definition) is 1. The summed E-state index contributed by atoms with van der Waals surface area (Å²) in [5.74, 6) is -0.573. The van der Waals surface area contributed by atoms with Gasteiger partial charge in [0.2, 0.25) is 0 Å². The summed E-state index contributed by atoms with van der Waals surface area (Å²) in [6.45, 7) is 2.02. The van der Waals surface area contributed by atoms with Gasteiger partial charge in [-0.2, -0.15) is 0 Å². The molecule has 1 aromatic heterocycles. The Bertz CT molecular complexity index is 1040. The molecule has 0 spiro atoms. The van der Waals surface area contributed by atoms with Gasteiger partial charge in [0.05, 0.1) is 22.2 Å². The van der Waals surface area contributed by atoms with Gasteiger partial charge in [-0.3, -0.25) is 14.9 Å². The minimum Gasteiger partial charge on any atom is -0.347 e. The molecule has 0 aliphatic heterocycles. The average Bonchev–Trinajstić information content (AvgIpc) is 3.00. The number of nitro benzene ring substituents is 1. The summed E-state index contributed by atoms with van der Waals surface area (Å²) in [6.07, 6.45) is 0. The number of carbonyl (C=O) groups is 1. The number of thiazole rings is 1. The highest BCUT2D eigenvalue weighted by molar-refractivity contribution is 7.15. The Balaban J connectivity index is 1.80. The Morgan fingerprint density at radius 3 is 2.70 bits per heavy atom. The normalized spacial score (nSPS) is 10.6. The number of aryl methyl sites for hydroxylation is 1. The molecule has 1 N–H and O–H groups in total. The van der Waals surface area contributed by atoms with Crippen LogP contribution in [0.4, 0.5) is 5.69 Å². The van der Waals surface area contributed by atoms with Gasteiger partial charge in [-0.15, -0.1) is 11.3 Å². The molecule has 0 aliphatic rings. The third-order valence-corrected chi connectivity index (χ3v) is 5.56. The number of hydrogen-bond acceptors (Lipinski definition) is 5. The van der Waals surface area contributed by atoms with Gasteiger partial charge in [0, 0.05) is 21.5 Å².